The highest BCUT2D eigenvalue weighted by Gasteiger charge is 2.23. The number of nitrogens with one attached hydrogen (secondary N) is 4. The van der Waals surface area contributed by atoms with Gasteiger partial charge in [-0.15, -0.1) is 0 Å². The number of anilines is 1. The monoisotopic (exact) mass is 485 g/mol. The van der Waals surface area contributed by atoms with Crippen LogP contribution in [0.5, 0.6) is 0 Å². The van der Waals surface area contributed by atoms with Gasteiger partial charge in [-0.05, 0) is 18.2 Å². The van der Waals surface area contributed by atoms with Gasteiger partial charge in [0.15, 0.2) is 6.29 Å². The fourth-order valence-corrected chi connectivity index (χ4v) is 3.82. The molecule has 18 heteroatoms. The Bertz CT molecular complexity index is 1190. The van der Waals surface area contributed by atoms with Gasteiger partial charge in [0, 0.05) is 13.1 Å². The molecular weight excluding hydrogens is 466 g/mol. The van der Waals surface area contributed by atoms with Crippen molar-refractivity contribution in [3.8, 4) is 0 Å². The van der Waals surface area contributed by atoms with Crippen LogP contribution < -0.4 is 26.4 Å². The summed E-state index contributed by atoms with van der Waals surface area (Å²) in [6.45, 7) is 0.130. The molecule has 1 aromatic carbocycles. The number of hydrogen-bond donors (Lipinski definition) is 7. The third-order valence-corrected chi connectivity index (χ3v) is 5.85. The lowest BCUT2D eigenvalue weighted by molar-refractivity contribution is 0.478. The Labute approximate surface area is 172 Å². The van der Waals surface area contributed by atoms with Crippen molar-refractivity contribution in [2.75, 3.05) is 24.7 Å². The molecule has 1 atom stereocenters. The number of nitrogens with two attached hydrogens (primary N) is 1. The van der Waals surface area contributed by atoms with E-state index in [1.54, 1.807) is 0 Å². The maximum Gasteiger partial charge on any atom is 0.296 e. The average Bonchev–Trinajstić information content (AvgIpc) is 2.55. The van der Waals surface area contributed by atoms with Crippen LogP contribution in [-0.4, -0.2) is 71.9 Å². The van der Waals surface area contributed by atoms with Crippen LogP contribution >= 0.6 is 0 Å². The number of nitrogens with zero attached hydrogens (tertiary/aromatic N) is 2. The Balaban J connectivity index is 2.20. The van der Waals surface area contributed by atoms with E-state index in [4.69, 9.17) is 10.3 Å². The van der Waals surface area contributed by atoms with Crippen LogP contribution in [0, 0.1) is 0 Å². The molecule has 1 aliphatic rings. The zero-order chi connectivity index (χ0) is 22.7. The fourth-order valence-electron chi connectivity index (χ4n) is 2.20. The minimum absolute atomic E-state index is 0.0258. The van der Waals surface area contributed by atoms with E-state index in [0.717, 1.165) is 24.5 Å². The van der Waals surface area contributed by atoms with Crippen LogP contribution in [0.2, 0.25) is 0 Å². The van der Waals surface area contributed by atoms with Crippen molar-refractivity contribution in [3.05, 3.63) is 18.2 Å². The third-order valence-electron chi connectivity index (χ3n) is 3.36. The Morgan fingerprint density at radius 2 is 1.77 bits per heavy atom. The van der Waals surface area contributed by atoms with Gasteiger partial charge in [-0.25, -0.2) is 18.1 Å². The standard InChI is InChI=1S/C12H19N7O8S3/c1-28(20,21)15-5-4-14-11-17-10(13)18-12(19-11)16-8-6-7(29(22,23)24)2-3-9(8)30(25,26)27/h2-3,6,12,15-16H,4-5H2,1H3,(H,22,23,24)(H,25,26,27)(H4,13,14,17,18,19). The van der Waals surface area contributed by atoms with E-state index in [1.807, 2.05) is 0 Å². The molecule has 1 unspecified atom stereocenters. The summed E-state index contributed by atoms with van der Waals surface area (Å²) < 4.78 is 88.6. The lowest BCUT2D eigenvalue weighted by Crippen LogP contribution is -2.51. The molecule has 0 aliphatic carbocycles. The molecule has 0 radical (unpaired) electrons. The number of guanidine groups is 2. The summed E-state index contributed by atoms with van der Waals surface area (Å²) in [6, 6.07) is 2.35. The molecule has 0 spiro atoms. The van der Waals surface area contributed by atoms with E-state index in [-0.39, 0.29) is 25.0 Å². The lowest BCUT2D eigenvalue weighted by Gasteiger charge is -2.24. The van der Waals surface area contributed by atoms with Gasteiger partial charge in [-0.1, -0.05) is 0 Å². The quantitative estimate of drug-likeness (QED) is 0.147. The molecule has 0 bridgehead atoms. The van der Waals surface area contributed by atoms with Crippen LogP contribution in [0.1, 0.15) is 0 Å². The molecule has 168 valence electrons. The maximum absolute atomic E-state index is 11.6. The first kappa shape index (κ1) is 23.8. The second-order valence-electron chi connectivity index (χ2n) is 5.84. The normalized spacial score (nSPS) is 17.5. The number of rotatable bonds is 8. The Hall–Kier alpha value is -2.51. The molecule has 0 aromatic heterocycles. The molecule has 1 aliphatic heterocycles. The molecule has 1 aromatic rings. The molecule has 8 N–H and O–H groups in total. The van der Waals surface area contributed by atoms with E-state index in [1.165, 1.54) is 0 Å². The van der Waals surface area contributed by atoms with Gasteiger partial charge in [0.2, 0.25) is 21.9 Å². The van der Waals surface area contributed by atoms with Crippen molar-refractivity contribution >= 4 is 47.9 Å². The highest BCUT2D eigenvalue weighted by Crippen LogP contribution is 2.25. The SMILES string of the molecule is CS(=O)(=O)NCCNC1=NC(N)=NC(Nc2cc(S(=O)(=O)O)ccc2S(=O)(=O)O)N1. The van der Waals surface area contributed by atoms with Crippen molar-refractivity contribution in [1.29, 1.82) is 0 Å². The predicted molar refractivity (Wildman–Crippen MR) is 107 cm³/mol. The van der Waals surface area contributed by atoms with E-state index < -0.39 is 52.0 Å². The van der Waals surface area contributed by atoms with E-state index in [0.29, 0.717) is 0 Å². The largest absolute Gasteiger partial charge is 0.368 e. The summed E-state index contributed by atoms with van der Waals surface area (Å²) >= 11 is 0. The zero-order valence-corrected chi connectivity index (χ0v) is 17.7. The summed E-state index contributed by atoms with van der Waals surface area (Å²) in [5.74, 6) is -0.196. The van der Waals surface area contributed by atoms with Crippen molar-refractivity contribution in [2.24, 2.45) is 15.7 Å². The summed E-state index contributed by atoms with van der Waals surface area (Å²) in [7, 11) is -12.8. The van der Waals surface area contributed by atoms with E-state index >= 15 is 0 Å². The third kappa shape index (κ3) is 7.07. The maximum atomic E-state index is 11.6. The Morgan fingerprint density at radius 3 is 2.33 bits per heavy atom. The van der Waals surface area contributed by atoms with Crippen LogP contribution in [-0.2, 0) is 30.3 Å². The van der Waals surface area contributed by atoms with Crippen molar-refractivity contribution in [1.82, 2.24) is 15.4 Å². The summed E-state index contributed by atoms with van der Waals surface area (Å²) in [4.78, 5) is 6.38. The van der Waals surface area contributed by atoms with Crippen LogP contribution in [0.3, 0.4) is 0 Å². The van der Waals surface area contributed by atoms with Gasteiger partial charge >= 0.3 is 0 Å². The number of benzene rings is 1. The van der Waals surface area contributed by atoms with Gasteiger partial charge in [0.05, 0.1) is 16.8 Å². The summed E-state index contributed by atoms with van der Waals surface area (Å²) in [6.07, 6.45) is -0.174. The number of hydrogen-bond acceptors (Lipinski definition) is 12. The van der Waals surface area contributed by atoms with Gasteiger partial charge in [-0.2, -0.15) is 21.8 Å². The Morgan fingerprint density at radius 1 is 1.10 bits per heavy atom. The molecule has 0 amide bonds. The number of sulfonamides is 1. The highest BCUT2D eigenvalue weighted by atomic mass is 32.2. The van der Waals surface area contributed by atoms with Gasteiger partial charge in [0.25, 0.3) is 20.2 Å². The second kappa shape index (κ2) is 8.70. The molecule has 30 heavy (non-hydrogen) atoms. The van der Waals surface area contributed by atoms with Crippen molar-refractivity contribution < 1.29 is 34.4 Å². The molecule has 0 saturated carbocycles. The molecular formula is C12H19N7O8S3. The first-order valence-corrected chi connectivity index (χ1v) is 12.6. The predicted octanol–water partition coefficient (Wildman–Crippen LogP) is -2.71. The minimum atomic E-state index is -4.76. The van der Waals surface area contributed by atoms with E-state index in [2.05, 4.69) is 30.7 Å². The zero-order valence-electron chi connectivity index (χ0n) is 15.3. The highest BCUT2D eigenvalue weighted by molar-refractivity contribution is 7.88. The summed E-state index contributed by atoms with van der Waals surface area (Å²) in [5, 5.41) is 7.91. The lowest BCUT2D eigenvalue weighted by atomic mass is 10.3. The molecule has 0 saturated heterocycles. The fraction of sp³-hybridized carbons (Fsp3) is 0.333. The molecule has 2 rings (SSSR count). The molecule has 15 nitrogen and oxygen atoms in total. The van der Waals surface area contributed by atoms with Crippen LogP contribution in [0.15, 0.2) is 38.0 Å². The van der Waals surface area contributed by atoms with Crippen LogP contribution in [0.25, 0.3) is 0 Å². The van der Waals surface area contributed by atoms with Gasteiger partial charge in [0.1, 0.15) is 4.90 Å². The second-order valence-corrected chi connectivity index (χ2v) is 10.5. The van der Waals surface area contributed by atoms with Crippen molar-refractivity contribution in [2.45, 2.75) is 16.1 Å². The van der Waals surface area contributed by atoms with Crippen LogP contribution in [0.4, 0.5) is 5.69 Å². The topological polar surface area (TPSA) is 242 Å². The number of aliphatic imine (C=N–C) groups is 2. The smallest absolute Gasteiger partial charge is 0.296 e. The minimum Gasteiger partial charge on any atom is -0.368 e. The molecule has 1 heterocycles. The summed E-state index contributed by atoms with van der Waals surface area (Å²) in [5.41, 5.74) is 5.19. The average molecular weight is 486 g/mol. The van der Waals surface area contributed by atoms with E-state index in [9.17, 15) is 29.8 Å². The van der Waals surface area contributed by atoms with Gasteiger partial charge in [-0.3, -0.25) is 9.11 Å². The first-order valence-electron chi connectivity index (χ1n) is 7.88. The molecule has 0 fully saturated rings. The van der Waals surface area contributed by atoms with Gasteiger partial charge < -0.3 is 21.7 Å². The van der Waals surface area contributed by atoms with Crippen molar-refractivity contribution in [3.63, 3.8) is 0 Å². The first-order chi connectivity index (χ1) is 13.6. The Kier molecular flexibility index (Phi) is 6.89.